The standard InChI is InChI=1S/C52H38N2/c1-51(2)41-29-31(53-43-21-11-7-15-33(43)34-16-8-12-22-44(34)53)25-26-32(41)39-27-28-40-48-38-20-6-5-19-37(38)47(30-42(48)52(3,4)50(40)49(39)51)54-45-23-13-9-17-35(45)36-18-10-14-24-46(36)54/h5-30H,1-4H3. The van der Waals surface area contributed by atoms with Gasteiger partial charge in [0.1, 0.15) is 0 Å². The molecule has 0 saturated heterocycles. The lowest BCUT2D eigenvalue weighted by molar-refractivity contribution is 0.601. The molecule has 2 aliphatic rings. The fraction of sp³-hybridized carbons (Fsp3) is 0.115. The zero-order valence-electron chi connectivity index (χ0n) is 30.9. The van der Waals surface area contributed by atoms with E-state index in [1.165, 1.54) is 110 Å². The van der Waals surface area contributed by atoms with Crippen LogP contribution in [-0.4, -0.2) is 9.13 Å². The van der Waals surface area contributed by atoms with E-state index in [1.54, 1.807) is 0 Å². The van der Waals surface area contributed by atoms with Crippen LogP contribution in [0.15, 0.2) is 158 Å². The Morgan fingerprint density at radius 1 is 0.352 bits per heavy atom. The SMILES string of the molecule is CC1(C)c2cc(-n3c4ccccc4c4ccccc43)ccc2-c2ccc3c(c21)C(C)(C)c1cc(-n2c4ccccc4c4ccccc42)c2ccccc2c1-3. The Balaban J connectivity index is 1.09. The van der Waals surface area contributed by atoms with Crippen molar-refractivity contribution in [3.63, 3.8) is 0 Å². The average molecular weight is 691 g/mol. The van der Waals surface area contributed by atoms with Crippen molar-refractivity contribution in [1.29, 1.82) is 0 Å². The van der Waals surface area contributed by atoms with Gasteiger partial charge in [-0.25, -0.2) is 0 Å². The van der Waals surface area contributed by atoms with Crippen LogP contribution >= 0.6 is 0 Å². The highest BCUT2D eigenvalue weighted by Gasteiger charge is 2.46. The highest BCUT2D eigenvalue weighted by Crippen LogP contribution is 2.61. The molecule has 0 atom stereocenters. The molecule has 0 fully saturated rings. The van der Waals surface area contributed by atoms with E-state index < -0.39 is 0 Å². The Hall–Kier alpha value is -6.38. The fourth-order valence-electron chi connectivity index (χ4n) is 10.7. The van der Waals surface area contributed by atoms with E-state index in [4.69, 9.17) is 0 Å². The van der Waals surface area contributed by atoms with E-state index in [1.807, 2.05) is 0 Å². The van der Waals surface area contributed by atoms with Crippen LogP contribution in [0, 0.1) is 0 Å². The molecule has 8 aromatic carbocycles. The summed E-state index contributed by atoms with van der Waals surface area (Å²) in [6, 6.07) is 59.0. The predicted octanol–water partition coefficient (Wildman–Crippen LogP) is 13.6. The highest BCUT2D eigenvalue weighted by atomic mass is 15.0. The Morgan fingerprint density at radius 3 is 1.35 bits per heavy atom. The second-order valence-electron chi connectivity index (χ2n) is 16.5. The molecule has 256 valence electrons. The van der Waals surface area contributed by atoms with Crippen LogP contribution in [0.25, 0.3) is 88.0 Å². The van der Waals surface area contributed by atoms with Crippen molar-refractivity contribution < 1.29 is 0 Å². The van der Waals surface area contributed by atoms with Crippen molar-refractivity contribution in [2.24, 2.45) is 0 Å². The molecule has 0 aliphatic heterocycles. The fourth-order valence-corrected chi connectivity index (χ4v) is 10.7. The summed E-state index contributed by atoms with van der Waals surface area (Å²) in [5, 5.41) is 7.77. The minimum atomic E-state index is -0.220. The molecule has 2 aliphatic carbocycles. The minimum absolute atomic E-state index is 0.199. The van der Waals surface area contributed by atoms with Crippen LogP contribution in [0.3, 0.4) is 0 Å². The van der Waals surface area contributed by atoms with Crippen LogP contribution in [0.5, 0.6) is 0 Å². The Labute approximate surface area is 314 Å². The van der Waals surface area contributed by atoms with Crippen molar-refractivity contribution >= 4 is 54.4 Å². The van der Waals surface area contributed by atoms with Crippen LogP contribution in [0.4, 0.5) is 0 Å². The molecule has 0 amide bonds. The van der Waals surface area contributed by atoms with Crippen LogP contribution in [0.2, 0.25) is 0 Å². The lowest BCUT2D eigenvalue weighted by atomic mass is 9.72. The zero-order valence-corrected chi connectivity index (χ0v) is 30.9. The summed E-state index contributed by atoms with van der Waals surface area (Å²) < 4.78 is 4.96. The third-order valence-corrected chi connectivity index (χ3v) is 13.0. The first-order chi connectivity index (χ1) is 26.3. The largest absolute Gasteiger partial charge is 0.309 e. The van der Waals surface area contributed by atoms with Crippen LogP contribution in [-0.2, 0) is 10.8 Å². The summed E-state index contributed by atoms with van der Waals surface area (Å²) in [6.07, 6.45) is 0. The summed E-state index contributed by atoms with van der Waals surface area (Å²) in [6.45, 7) is 9.83. The van der Waals surface area contributed by atoms with Gasteiger partial charge in [-0.05, 0) is 92.4 Å². The van der Waals surface area contributed by atoms with Crippen molar-refractivity contribution in [3.05, 3.63) is 180 Å². The highest BCUT2D eigenvalue weighted by molar-refractivity contribution is 6.13. The molecule has 2 heterocycles. The molecule has 2 nitrogen and oxygen atoms in total. The topological polar surface area (TPSA) is 9.86 Å². The molecular formula is C52H38N2. The van der Waals surface area contributed by atoms with Crippen molar-refractivity contribution in [2.45, 2.75) is 38.5 Å². The maximum absolute atomic E-state index is 2.53. The first kappa shape index (κ1) is 30.1. The number of para-hydroxylation sites is 4. The molecular weight excluding hydrogens is 653 g/mol. The Morgan fingerprint density at radius 2 is 0.778 bits per heavy atom. The van der Waals surface area contributed by atoms with E-state index in [0.717, 1.165) is 0 Å². The summed E-state index contributed by atoms with van der Waals surface area (Å²) >= 11 is 0. The number of hydrogen-bond acceptors (Lipinski definition) is 0. The smallest absolute Gasteiger partial charge is 0.0544 e. The first-order valence-electron chi connectivity index (χ1n) is 19.2. The van der Waals surface area contributed by atoms with Gasteiger partial charge in [-0.1, -0.05) is 143 Å². The summed E-state index contributed by atoms with van der Waals surface area (Å²) in [5.74, 6) is 0. The lowest BCUT2D eigenvalue weighted by Gasteiger charge is -2.31. The third-order valence-electron chi connectivity index (χ3n) is 13.0. The van der Waals surface area contributed by atoms with Gasteiger partial charge in [0.15, 0.2) is 0 Å². The number of fused-ring (bicyclic) bond motifs is 15. The Kier molecular flexibility index (Phi) is 5.68. The molecule has 2 heteroatoms. The van der Waals surface area contributed by atoms with Crippen molar-refractivity contribution in [3.8, 4) is 33.6 Å². The van der Waals surface area contributed by atoms with Crippen molar-refractivity contribution in [2.75, 3.05) is 0 Å². The molecule has 0 bridgehead atoms. The van der Waals surface area contributed by atoms with E-state index in [2.05, 4.69) is 195 Å². The number of rotatable bonds is 2. The summed E-state index contributed by atoms with van der Waals surface area (Å²) in [5.41, 5.74) is 18.2. The second-order valence-corrected chi connectivity index (χ2v) is 16.5. The van der Waals surface area contributed by atoms with Crippen LogP contribution < -0.4 is 0 Å². The number of aromatic nitrogens is 2. The maximum Gasteiger partial charge on any atom is 0.0544 e. The molecule has 2 aromatic heterocycles. The van der Waals surface area contributed by atoms with Gasteiger partial charge in [0.05, 0.1) is 27.8 Å². The van der Waals surface area contributed by atoms with E-state index in [0.29, 0.717) is 0 Å². The predicted molar refractivity (Wildman–Crippen MR) is 228 cm³/mol. The normalized spacial score (nSPS) is 15.0. The van der Waals surface area contributed by atoms with Gasteiger partial charge < -0.3 is 9.13 Å². The first-order valence-corrected chi connectivity index (χ1v) is 19.2. The van der Waals surface area contributed by atoms with Gasteiger partial charge in [0.2, 0.25) is 0 Å². The zero-order chi connectivity index (χ0) is 36.1. The van der Waals surface area contributed by atoms with E-state index in [-0.39, 0.29) is 10.8 Å². The minimum Gasteiger partial charge on any atom is -0.309 e. The van der Waals surface area contributed by atoms with Gasteiger partial charge in [-0.3, -0.25) is 0 Å². The molecule has 0 radical (unpaired) electrons. The Bertz CT molecular complexity index is 3170. The third kappa shape index (κ3) is 3.61. The maximum atomic E-state index is 2.53. The second kappa shape index (κ2) is 10.2. The number of nitrogens with zero attached hydrogens (tertiary/aromatic N) is 2. The summed E-state index contributed by atoms with van der Waals surface area (Å²) in [4.78, 5) is 0. The van der Waals surface area contributed by atoms with E-state index in [9.17, 15) is 0 Å². The molecule has 10 aromatic rings. The van der Waals surface area contributed by atoms with Gasteiger partial charge in [0.25, 0.3) is 0 Å². The van der Waals surface area contributed by atoms with E-state index >= 15 is 0 Å². The summed E-state index contributed by atoms with van der Waals surface area (Å²) in [7, 11) is 0. The quantitative estimate of drug-likeness (QED) is 0.171. The van der Waals surface area contributed by atoms with Gasteiger partial charge in [-0.2, -0.15) is 0 Å². The number of hydrogen-bond donors (Lipinski definition) is 0. The molecule has 54 heavy (non-hydrogen) atoms. The molecule has 0 N–H and O–H groups in total. The van der Waals surface area contributed by atoms with Crippen molar-refractivity contribution in [1.82, 2.24) is 9.13 Å². The van der Waals surface area contributed by atoms with Crippen LogP contribution in [0.1, 0.15) is 49.9 Å². The molecule has 12 rings (SSSR count). The molecule has 0 saturated carbocycles. The van der Waals surface area contributed by atoms with Gasteiger partial charge in [-0.15, -0.1) is 0 Å². The van der Waals surface area contributed by atoms with Gasteiger partial charge >= 0.3 is 0 Å². The molecule has 0 unspecified atom stereocenters. The average Bonchev–Trinajstić information content (AvgIpc) is 3.86. The lowest BCUT2D eigenvalue weighted by Crippen LogP contribution is -2.24. The van der Waals surface area contributed by atoms with Gasteiger partial charge in [0, 0.05) is 43.4 Å². The monoisotopic (exact) mass is 690 g/mol. The number of benzene rings is 8. The molecule has 0 spiro atoms.